The standard InChI is InChI=1S/C11H8OS2/c12-11(10-2-1-7-14-10)8-3-5-9(13)6-4-8/h1-7,13H. The number of rotatable bonds is 2. The molecule has 0 atom stereocenters. The Kier molecular flexibility index (Phi) is 2.70. The Bertz CT molecular complexity index is 429. The minimum Gasteiger partial charge on any atom is -0.288 e. The van der Waals surface area contributed by atoms with E-state index >= 15 is 0 Å². The highest BCUT2D eigenvalue weighted by atomic mass is 32.1. The van der Waals surface area contributed by atoms with Crippen LogP contribution in [0.15, 0.2) is 46.7 Å². The van der Waals surface area contributed by atoms with Crippen LogP contribution >= 0.6 is 24.0 Å². The van der Waals surface area contributed by atoms with E-state index in [2.05, 4.69) is 12.6 Å². The Morgan fingerprint density at radius 1 is 1.14 bits per heavy atom. The maximum atomic E-state index is 11.8. The lowest BCUT2D eigenvalue weighted by Gasteiger charge is -1.97. The molecule has 2 rings (SSSR count). The average molecular weight is 220 g/mol. The molecule has 0 bridgehead atoms. The molecule has 3 heteroatoms. The first kappa shape index (κ1) is 9.49. The summed E-state index contributed by atoms with van der Waals surface area (Å²) in [6.45, 7) is 0. The van der Waals surface area contributed by atoms with Crippen LogP contribution in [0.4, 0.5) is 0 Å². The van der Waals surface area contributed by atoms with Crippen molar-refractivity contribution in [2.45, 2.75) is 4.90 Å². The molecule has 1 aromatic heterocycles. The van der Waals surface area contributed by atoms with E-state index in [1.54, 1.807) is 12.1 Å². The van der Waals surface area contributed by atoms with Gasteiger partial charge in [-0.1, -0.05) is 6.07 Å². The zero-order valence-electron chi connectivity index (χ0n) is 7.31. The van der Waals surface area contributed by atoms with Gasteiger partial charge >= 0.3 is 0 Å². The fourth-order valence-electron chi connectivity index (χ4n) is 1.16. The van der Waals surface area contributed by atoms with E-state index in [4.69, 9.17) is 0 Å². The molecule has 0 aliphatic carbocycles. The van der Waals surface area contributed by atoms with Crippen LogP contribution in [0, 0.1) is 0 Å². The smallest absolute Gasteiger partial charge is 0.202 e. The predicted molar refractivity (Wildman–Crippen MR) is 61.4 cm³/mol. The average Bonchev–Trinajstić information content (AvgIpc) is 2.71. The van der Waals surface area contributed by atoms with Gasteiger partial charge in [0, 0.05) is 10.5 Å². The number of thiol groups is 1. The third-order valence-electron chi connectivity index (χ3n) is 1.87. The van der Waals surface area contributed by atoms with Gasteiger partial charge in [-0.3, -0.25) is 4.79 Å². The number of thiophene rings is 1. The first-order valence-corrected chi connectivity index (χ1v) is 5.47. The van der Waals surface area contributed by atoms with Gasteiger partial charge in [-0.15, -0.1) is 24.0 Å². The van der Waals surface area contributed by atoms with Gasteiger partial charge in [-0.05, 0) is 35.7 Å². The van der Waals surface area contributed by atoms with Gasteiger partial charge in [0.05, 0.1) is 4.88 Å². The van der Waals surface area contributed by atoms with Crippen LogP contribution < -0.4 is 0 Å². The van der Waals surface area contributed by atoms with Crippen molar-refractivity contribution in [2.75, 3.05) is 0 Å². The van der Waals surface area contributed by atoms with E-state index < -0.39 is 0 Å². The molecule has 1 nitrogen and oxygen atoms in total. The predicted octanol–water partition coefficient (Wildman–Crippen LogP) is 3.27. The number of ketones is 1. The Balaban J connectivity index is 2.33. The minimum absolute atomic E-state index is 0.0772. The monoisotopic (exact) mass is 220 g/mol. The van der Waals surface area contributed by atoms with Crippen molar-refractivity contribution >= 4 is 29.7 Å². The number of carbonyl (C=O) groups is 1. The summed E-state index contributed by atoms with van der Waals surface area (Å²) in [5.41, 5.74) is 0.713. The molecule has 0 fully saturated rings. The Morgan fingerprint density at radius 2 is 1.86 bits per heavy atom. The summed E-state index contributed by atoms with van der Waals surface area (Å²) < 4.78 is 0. The molecule has 0 aliphatic rings. The van der Waals surface area contributed by atoms with E-state index in [1.807, 2.05) is 29.6 Å². The second kappa shape index (κ2) is 3.98. The lowest BCUT2D eigenvalue weighted by atomic mass is 10.1. The van der Waals surface area contributed by atoms with Crippen LogP contribution in [0.3, 0.4) is 0 Å². The van der Waals surface area contributed by atoms with Crippen molar-refractivity contribution < 1.29 is 4.79 Å². The van der Waals surface area contributed by atoms with Crippen molar-refractivity contribution in [3.05, 3.63) is 52.2 Å². The molecule has 1 heterocycles. The lowest BCUT2D eigenvalue weighted by Crippen LogP contribution is -1.97. The van der Waals surface area contributed by atoms with Crippen molar-refractivity contribution in [1.29, 1.82) is 0 Å². The Hall–Kier alpha value is -1.06. The highest BCUT2D eigenvalue weighted by Gasteiger charge is 2.08. The van der Waals surface area contributed by atoms with Crippen molar-refractivity contribution in [3.63, 3.8) is 0 Å². The Labute approximate surface area is 91.8 Å². The van der Waals surface area contributed by atoms with Crippen LogP contribution in [0.2, 0.25) is 0 Å². The van der Waals surface area contributed by atoms with Crippen LogP contribution in [-0.4, -0.2) is 5.78 Å². The summed E-state index contributed by atoms with van der Waals surface area (Å²) in [6, 6.07) is 11.0. The molecule has 70 valence electrons. The highest BCUT2D eigenvalue weighted by Crippen LogP contribution is 2.16. The molecular formula is C11H8OS2. The minimum atomic E-state index is 0.0772. The molecule has 0 saturated carbocycles. The quantitative estimate of drug-likeness (QED) is 0.607. The molecule has 0 amide bonds. The van der Waals surface area contributed by atoms with E-state index in [0.717, 1.165) is 9.77 Å². The molecule has 0 radical (unpaired) electrons. The largest absolute Gasteiger partial charge is 0.288 e. The number of hydrogen-bond acceptors (Lipinski definition) is 3. The first-order chi connectivity index (χ1) is 6.77. The summed E-state index contributed by atoms with van der Waals surface area (Å²) in [4.78, 5) is 13.4. The topological polar surface area (TPSA) is 17.1 Å². The molecular weight excluding hydrogens is 212 g/mol. The van der Waals surface area contributed by atoms with Gasteiger partial charge in [-0.25, -0.2) is 0 Å². The van der Waals surface area contributed by atoms with Gasteiger partial charge in [0.25, 0.3) is 0 Å². The van der Waals surface area contributed by atoms with Crippen molar-refractivity contribution in [1.82, 2.24) is 0 Å². The van der Waals surface area contributed by atoms with Crippen LogP contribution in [0.25, 0.3) is 0 Å². The Morgan fingerprint density at radius 3 is 2.43 bits per heavy atom. The fraction of sp³-hybridized carbons (Fsp3) is 0. The molecule has 0 aliphatic heterocycles. The molecule has 0 N–H and O–H groups in total. The molecule has 0 saturated heterocycles. The second-order valence-electron chi connectivity index (χ2n) is 2.85. The molecule has 1 aromatic carbocycles. The maximum absolute atomic E-state index is 11.8. The molecule has 0 spiro atoms. The third kappa shape index (κ3) is 1.89. The highest BCUT2D eigenvalue weighted by molar-refractivity contribution is 7.80. The van der Waals surface area contributed by atoms with Crippen LogP contribution in [0.5, 0.6) is 0 Å². The lowest BCUT2D eigenvalue weighted by molar-refractivity contribution is 0.104. The summed E-state index contributed by atoms with van der Waals surface area (Å²) >= 11 is 5.63. The maximum Gasteiger partial charge on any atom is 0.202 e. The number of carbonyl (C=O) groups excluding carboxylic acids is 1. The summed E-state index contributed by atoms with van der Waals surface area (Å²) in [6.07, 6.45) is 0. The van der Waals surface area contributed by atoms with E-state index in [9.17, 15) is 4.79 Å². The van der Waals surface area contributed by atoms with Gasteiger partial charge in [0.15, 0.2) is 0 Å². The van der Waals surface area contributed by atoms with Crippen LogP contribution in [-0.2, 0) is 0 Å². The molecule has 2 aromatic rings. The van der Waals surface area contributed by atoms with E-state index in [0.29, 0.717) is 5.56 Å². The number of benzene rings is 1. The van der Waals surface area contributed by atoms with Gasteiger partial charge < -0.3 is 0 Å². The van der Waals surface area contributed by atoms with Gasteiger partial charge in [0.1, 0.15) is 0 Å². The summed E-state index contributed by atoms with van der Waals surface area (Å²) in [5, 5.41) is 1.90. The molecule has 0 unspecified atom stereocenters. The van der Waals surface area contributed by atoms with Crippen molar-refractivity contribution in [2.24, 2.45) is 0 Å². The van der Waals surface area contributed by atoms with Crippen LogP contribution in [0.1, 0.15) is 15.2 Å². The molecule has 14 heavy (non-hydrogen) atoms. The van der Waals surface area contributed by atoms with Crippen molar-refractivity contribution in [3.8, 4) is 0 Å². The normalized spacial score (nSPS) is 10.1. The zero-order valence-corrected chi connectivity index (χ0v) is 9.02. The second-order valence-corrected chi connectivity index (χ2v) is 4.32. The third-order valence-corrected chi connectivity index (χ3v) is 3.04. The summed E-state index contributed by atoms with van der Waals surface area (Å²) in [5.74, 6) is 0.0772. The summed E-state index contributed by atoms with van der Waals surface area (Å²) in [7, 11) is 0. The van der Waals surface area contributed by atoms with Gasteiger partial charge in [0.2, 0.25) is 5.78 Å². The van der Waals surface area contributed by atoms with Gasteiger partial charge in [-0.2, -0.15) is 0 Å². The fourth-order valence-corrected chi connectivity index (χ4v) is 2.00. The van der Waals surface area contributed by atoms with E-state index in [-0.39, 0.29) is 5.78 Å². The number of hydrogen-bond donors (Lipinski definition) is 1. The zero-order chi connectivity index (χ0) is 9.97. The van der Waals surface area contributed by atoms with E-state index in [1.165, 1.54) is 11.3 Å². The SMILES string of the molecule is O=C(c1ccc(S)cc1)c1cccs1. The first-order valence-electron chi connectivity index (χ1n) is 4.14.